The van der Waals surface area contributed by atoms with Gasteiger partial charge in [0.05, 0.1) is 12.7 Å². The van der Waals surface area contributed by atoms with Crippen molar-refractivity contribution in [2.75, 3.05) is 26.2 Å². The number of hydrogen-bond donors (Lipinski definition) is 1. The summed E-state index contributed by atoms with van der Waals surface area (Å²) in [4.78, 5) is 2.46. The van der Waals surface area contributed by atoms with Crippen molar-refractivity contribution in [1.29, 1.82) is 0 Å². The van der Waals surface area contributed by atoms with Crippen LogP contribution in [0.4, 0.5) is 0 Å². The third-order valence-corrected chi connectivity index (χ3v) is 4.59. The van der Waals surface area contributed by atoms with E-state index in [1.807, 2.05) is 13.0 Å². The van der Waals surface area contributed by atoms with Crippen molar-refractivity contribution in [2.24, 2.45) is 5.92 Å². The second kappa shape index (κ2) is 7.81. The summed E-state index contributed by atoms with van der Waals surface area (Å²) < 4.78 is 5.83. The molecule has 0 saturated carbocycles. The zero-order valence-electron chi connectivity index (χ0n) is 13.6. The molecule has 3 nitrogen and oxygen atoms in total. The number of aryl methyl sites for hydroxylation is 2. The topological polar surface area (TPSA) is 32.7 Å². The monoisotopic (exact) mass is 291 g/mol. The van der Waals surface area contributed by atoms with Crippen LogP contribution in [-0.2, 0) is 0 Å². The van der Waals surface area contributed by atoms with Gasteiger partial charge < -0.3 is 14.7 Å². The Morgan fingerprint density at radius 3 is 2.86 bits per heavy atom. The summed E-state index contributed by atoms with van der Waals surface area (Å²) in [5.74, 6) is 1.41. The lowest BCUT2D eigenvalue weighted by Crippen LogP contribution is -2.40. The minimum atomic E-state index is -0.181. The molecule has 1 aromatic rings. The van der Waals surface area contributed by atoms with Gasteiger partial charge in [0.2, 0.25) is 0 Å². The van der Waals surface area contributed by atoms with Crippen LogP contribution in [0, 0.1) is 19.8 Å². The van der Waals surface area contributed by atoms with Gasteiger partial charge in [-0.2, -0.15) is 0 Å². The van der Waals surface area contributed by atoms with E-state index >= 15 is 0 Å². The molecule has 2 rings (SSSR count). The quantitative estimate of drug-likeness (QED) is 0.817. The Morgan fingerprint density at radius 1 is 1.33 bits per heavy atom. The first-order valence-corrected chi connectivity index (χ1v) is 8.16. The standard InChI is InChI=1S/C18H29NO2/c1-14-7-8-18(12-15(14)2)21-11-5-10-19-9-4-6-17(13-19)16(3)20/h7-8,12,16-17,20H,4-6,9-11,13H2,1-3H3. The Kier molecular flexibility index (Phi) is 6.07. The van der Waals surface area contributed by atoms with E-state index in [9.17, 15) is 5.11 Å². The average molecular weight is 291 g/mol. The first-order chi connectivity index (χ1) is 10.1. The maximum atomic E-state index is 9.71. The molecule has 1 aromatic carbocycles. The van der Waals surface area contributed by atoms with Crippen molar-refractivity contribution < 1.29 is 9.84 Å². The van der Waals surface area contributed by atoms with Crippen LogP contribution in [0.15, 0.2) is 18.2 Å². The van der Waals surface area contributed by atoms with Gasteiger partial charge >= 0.3 is 0 Å². The molecule has 0 bridgehead atoms. The second-order valence-electron chi connectivity index (χ2n) is 6.39. The van der Waals surface area contributed by atoms with Gasteiger partial charge in [-0.25, -0.2) is 0 Å². The van der Waals surface area contributed by atoms with Crippen LogP contribution in [0.5, 0.6) is 5.75 Å². The fourth-order valence-corrected chi connectivity index (χ4v) is 2.97. The minimum Gasteiger partial charge on any atom is -0.494 e. The largest absolute Gasteiger partial charge is 0.494 e. The summed E-state index contributed by atoms with van der Waals surface area (Å²) in [7, 11) is 0. The molecule has 118 valence electrons. The molecule has 1 fully saturated rings. The molecule has 2 atom stereocenters. The fourth-order valence-electron chi connectivity index (χ4n) is 2.97. The summed E-state index contributed by atoms with van der Waals surface area (Å²) >= 11 is 0. The molecule has 0 aliphatic carbocycles. The molecule has 0 amide bonds. The van der Waals surface area contributed by atoms with Gasteiger partial charge in [-0.05, 0) is 75.8 Å². The van der Waals surface area contributed by atoms with Gasteiger partial charge in [0.1, 0.15) is 5.75 Å². The summed E-state index contributed by atoms with van der Waals surface area (Å²) in [6, 6.07) is 6.27. The number of rotatable bonds is 6. The molecular formula is C18H29NO2. The third kappa shape index (κ3) is 5.01. The number of hydrogen-bond acceptors (Lipinski definition) is 3. The van der Waals surface area contributed by atoms with Crippen molar-refractivity contribution >= 4 is 0 Å². The van der Waals surface area contributed by atoms with Gasteiger partial charge in [0, 0.05) is 13.1 Å². The second-order valence-corrected chi connectivity index (χ2v) is 6.39. The highest BCUT2D eigenvalue weighted by molar-refractivity contribution is 5.33. The maximum absolute atomic E-state index is 9.71. The van der Waals surface area contributed by atoms with Crippen molar-refractivity contribution in [3.05, 3.63) is 29.3 Å². The Balaban J connectivity index is 1.68. The Hall–Kier alpha value is -1.06. The Bertz CT molecular complexity index is 445. The van der Waals surface area contributed by atoms with E-state index in [-0.39, 0.29) is 6.10 Å². The number of aliphatic hydroxyl groups excluding tert-OH is 1. The highest BCUT2D eigenvalue weighted by Crippen LogP contribution is 2.20. The lowest BCUT2D eigenvalue weighted by atomic mass is 9.93. The molecule has 21 heavy (non-hydrogen) atoms. The van der Waals surface area contributed by atoms with Crippen molar-refractivity contribution in [2.45, 2.75) is 46.1 Å². The number of piperidine rings is 1. The number of benzene rings is 1. The van der Waals surface area contributed by atoms with Crippen molar-refractivity contribution in [3.8, 4) is 5.75 Å². The SMILES string of the molecule is Cc1ccc(OCCCN2CCCC(C(C)O)C2)cc1C. The van der Waals surface area contributed by atoms with Gasteiger partial charge in [-0.3, -0.25) is 0 Å². The normalized spacial score (nSPS) is 21.2. The number of ether oxygens (including phenoxy) is 1. The van der Waals surface area contributed by atoms with Crippen LogP contribution in [0.1, 0.15) is 37.3 Å². The highest BCUT2D eigenvalue weighted by Gasteiger charge is 2.22. The summed E-state index contributed by atoms with van der Waals surface area (Å²) in [5, 5.41) is 9.71. The predicted octanol–water partition coefficient (Wildman–Crippen LogP) is 3.17. The van der Waals surface area contributed by atoms with Gasteiger partial charge in [0.25, 0.3) is 0 Å². The first-order valence-electron chi connectivity index (χ1n) is 8.16. The van der Waals surface area contributed by atoms with Crippen LogP contribution in [-0.4, -0.2) is 42.4 Å². The van der Waals surface area contributed by atoms with Gasteiger partial charge in [-0.15, -0.1) is 0 Å². The molecule has 2 unspecified atom stereocenters. The van der Waals surface area contributed by atoms with Crippen LogP contribution >= 0.6 is 0 Å². The van der Waals surface area contributed by atoms with E-state index in [0.717, 1.165) is 44.8 Å². The molecule has 3 heteroatoms. The van der Waals surface area contributed by atoms with Crippen LogP contribution in [0.25, 0.3) is 0 Å². The minimum absolute atomic E-state index is 0.181. The molecule has 1 N–H and O–H groups in total. The molecule has 1 heterocycles. The zero-order chi connectivity index (χ0) is 15.2. The van der Waals surface area contributed by atoms with Crippen LogP contribution in [0.3, 0.4) is 0 Å². The number of aliphatic hydroxyl groups is 1. The molecular weight excluding hydrogens is 262 g/mol. The maximum Gasteiger partial charge on any atom is 0.119 e. The third-order valence-electron chi connectivity index (χ3n) is 4.59. The van der Waals surface area contributed by atoms with E-state index in [1.54, 1.807) is 0 Å². The van der Waals surface area contributed by atoms with E-state index < -0.39 is 0 Å². The fraction of sp³-hybridized carbons (Fsp3) is 0.667. The molecule has 1 aliphatic rings. The first kappa shape index (κ1) is 16.3. The molecule has 1 aliphatic heterocycles. The van der Waals surface area contributed by atoms with E-state index in [1.165, 1.54) is 17.5 Å². The Labute approximate surface area is 128 Å². The molecule has 0 spiro atoms. The van der Waals surface area contributed by atoms with Gasteiger partial charge in [-0.1, -0.05) is 6.07 Å². The molecule has 1 saturated heterocycles. The van der Waals surface area contributed by atoms with Crippen LogP contribution in [0.2, 0.25) is 0 Å². The lowest BCUT2D eigenvalue weighted by molar-refractivity contribution is 0.0609. The molecule has 0 radical (unpaired) electrons. The predicted molar refractivity (Wildman–Crippen MR) is 86.9 cm³/mol. The van der Waals surface area contributed by atoms with Crippen molar-refractivity contribution in [3.63, 3.8) is 0 Å². The van der Waals surface area contributed by atoms with Crippen molar-refractivity contribution in [1.82, 2.24) is 4.90 Å². The average Bonchev–Trinajstić information content (AvgIpc) is 2.47. The summed E-state index contributed by atoms with van der Waals surface area (Å²) in [5.41, 5.74) is 2.59. The molecule has 0 aromatic heterocycles. The van der Waals surface area contributed by atoms with E-state index in [2.05, 4.69) is 30.9 Å². The van der Waals surface area contributed by atoms with Gasteiger partial charge in [0.15, 0.2) is 0 Å². The summed E-state index contributed by atoms with van der Waals surface area (Å²) in [6.45, 7) is 10.2. The van der Waals surface area contributed by atoms with E-state index in [0.29, 0.717) is 5.92 Å². The number of likely N-dealkylation sites (tertiary alicyclic amines) is 1. The smallest absolute Gasteiger partial charge is 0.119 e. The highest BCUT2D eigenvalue weighted by atomic mass is 16.5. The van der Waals surface area contributed by atoms with E-state index in [4.69, 9.17) is 4.74 Å². The lowest BCUT2D eigenvalue weighted by Gasteiger charge is -2.34. The zero-order valence-corrected chi connectivity index (χ0v) is 13.6. The number of nitrogens with zero attached hydrogens (tertiary/aromatic N) is 1. The summed E-state index contributed by atoms with van der Waals surface area (Å²) in [6.07, 6.45) is 3.22. The Morgan fingerprint density at radius 2 is 2.14 bits per heavy atom. The van der Waals surface area contributed by atoms with Crippen LogP contribution < -0.4 is 4.74 Å².